The van der Waals surface area contributed by atoms with Crippen LogP contribution in [0.15, 0.2) is 48.6 Å². The molecule has 0 aliphatic carbocycles. The Morgan fingerprint density at radius 2 is 2.00 bits per heavy atom. The molecule has 8 heteroatoms. The van der Waals surface area contributed by atoms with Crippen LogP contribution in [0.25, 0.3) is 6.08 Å². The summed E-state index contributed by atoms with van der Waals surface area (Å²) in [5, 5.41) is 12.9. The van der Waals surface area contributed by atoms with E-state index in [1.807, 2.05) is 0 Å². The van der Waals surface area contributed by atoms with Gasteiger partial charge in [-0.1, -0.05) is 23.7 Å². The summed E-state index contributed by atoms with van der Waals surface area (Å²) in [4.78, 5) is 38.9. The number of carbonyl (C=O) groups is 3. The third kappa shape index (κ3) is 4.32. The Hall–Kier alpha value is -3.58. The zero-order chi connectivity index (χ0) is 22.7. The van der Waals surface area contributed by atoms with Crippen molar-refractivity contribution in [2.75, 3.05) is 11.5 Å². The molecular weight excluding hydrogens is 420 g/mol. The van der Waals surface area contributed by atoms with Gasteiger partial charge in [0.2, 0.25) is 0 Å². The van der Waals surface area contributed by atoms with Crippen molar-refractivity contribution in [1.29, 1.82) is 0 Å². The van der Waals surface area contributed by atoms with E-state index >= 15 is 0 Å². The number of phenols is 1. The number of halogens is 1. The molecule has 0 aromatic heterocycles. The molecule has 1 aliphatic rings. The highest BCUT2D eigenvalue weighted by Crippen LogP contribution is 2.34. The first kappa shape index (κ1) is 22.1. The summed E-state index contributed by atoms with van der Waals surface area (Å²) in [6.07, 6.45) is 3.32. The van der Waals surface area contributed by atoms with Crippen molar-refractivity contribution in [1.82, 2.24) is 5.32 Å². The molecule has 2 aromatic carbocycles. The van der Waals surface area contributed by atoms with E-state index in [1.54, 1.807) is 44.2 Å². The van der Waals surface area contributed by atoms with Crippen molar-refractivity contribution in [3.8, 4) is 11.5 Å². The van der Waals surface area contributed by atoms with Crippen LogP contribution in [0.1, 0.15) is 23.6 Å². The summed E-state index contributed by atoms with van der Waals surface area (Å²) in [7, 11) is 0. The van der Waals surface area contributed by atoms with Crippen LogP contribution in [0.2, 0.25) is 5.02 Å². The monoisotopic (exact) mass is 440 g/mol. The van der Waals surface area contributed by atoms with Gasteiger partial charge < -0.3 is 9.84 Å². The molecule has 1 heterocycles. The molecule has 0 saturated carbocycles. The number of carbonyl (C=O) groups excluding carboxylic acids is 3. The second-order valence-corrected chi connectivity index (χ2v) is 7.20. The predicted molar refractivity (Wildman–Crippen MR) is 118 cm³/mol. The second-order valence-electron chi connectivity index (χ2n) is 6.79. The van der Waals surface area contributed by atoms with E-state index in [4.69, 9.17) is 16.3 Å². The molecule has 1 saturated heterocycles. The zero-order valence-electron chi connectivity index (χ0n) is 17.1. The van der Waals surface area contributed by atoms with Gasteiger partial charge in [-0.15, -0.1) is 6.58 Å². The van der Waals surface area contributed by atoms with Gasteiger partial charge in [0, 0.05) is 10.6 Å². The van der Waals surface area contributed by atoms with Crippen LogP contribution in [0, 0.1) is 6.92 Å². The van der Waals surface area contributed by atoms with E-state index < -0.39 is 17.8 Å². The Kier molecular flexibility index (Phi) is 6.46. The number of imide groups is 2. The van der Waals surface area contributed by atoms with Crippen LogP contribution < -0.4 is 15.0 Å². The number of nitrogens with zero attached hydrogens (tertiary/aromatic N) is 1. The summed E-state index contributed by atoms with van der Waals surface area (Å²) < 4.78 is 5.47. The van der Waals surface area contributed by atoms with Gasteiger partial charge in [0.25, 0.3) is 11.8 Å². The van der Waals surface area contributed by atoms with Crippen LogP contribution in [0.3, 0.4) is 0 Å². The lowest BCUT2D eigenvalue weighted by atomic mass is 10.0. The van der Waals surface area contributed by atoms with Crippen LogP contribution in [0.5, 0.6) is 11.5 Å². The molecule has 1 fully saturated rings. The molecule has 3 rings (SSSR count). The fourth-order valence-corrected chi connectivity index (χ4v) is 3.40. The molecule has 0 unspecified atom stereocenters. The highest BCUT2D eigenvalue weighted by atomic mass is 35.5. The third-order valence-electron chi connectivity index (χ3n) is 4.73. The zero-order valence-corrected chi connectivity index (χ0v) is 17.8. The number of hydrogen-bond donors (Lipinski definition) is 2. The summed E-state index contributed by atoms with van der Waals surface area (Å²) in [5.74, 6) is -1.41. The number of phenolic OH excluding ortho intramolecular Hbond substituents is 1. The van der Waals surface area contributed by atoms with Crippen molar-refractivity contribution in [3.63, 3.8) is 0 Å². The van der Waals surface area contributed by atoms with Crippen molar-refractivity contribution in [2.45, 2.75) is 20.3 Å². The van der Waals surface area contributed by atoms with Gasteiger partial charge in [-0.25, -0.2) is 9.69 Å². The Balaban J connectivity index is 2.10. The van der Waals surface area contributed by atoms with Gasteiger partial charge >= 0.3 is 6.03 Å². The second kappa shape index (κ2) is 9.06. The topological polar surface area (TPSA) is 95.9 Å². The number of benzene rings is 2. The van der Waals surface area contributed by atoms with Crippen LogP contribution in [0.4, 0.5) is 10.5 Å². The first-order chi connectivity index (χ1) is 14.8. The van der Waals surface area contributed by atoms with E-state index in [-0.39, 0.29) is 22.8 Å². The molecule has 4 amide bonds. The lowest BCUT2D eigenvalue weighted by molar-refractivity contribution is -0.122. The van der Waals surface area contributed by atoms with Crippen molar-refractivity contribution >= 4 is 41.2 Å². The molecule has 1 aliphatic heterocycles. The molecule has 0 bridgehead atoms. The van der Waals surface area contributed by atoms with E-state index in [0.717, 1.165) is 4.90 Å². The van der Waals surface area contributed by atoms with E-state index in [0.29, 0.717) is 34.7 Å². The Morgan fingerprint density at radius 1 is 1.26 bits per heavy atom. The fourth-order valence-electron chi connectivity index (χ4n) is 3.23. The Morgan fingerprint density at radius 3 is 2.68 bits per heavy atom. The maximum Gasteiger partial charge on any atom is 0.335 e. The van der Waals surface area contributed by atoms with Gasteiger partial charge in [0.05, 0.1) is 12.3 Å². The minimum Gasteiger partial charge on any atom is -0.504 e. The molecular formula is C23H21ClN2O5. The number of ether oxygens (including phenoxy) is 1. The van der Waals surface area contributed by atoms with Crippen LogP contribution >= 0.6 is 11.6 Å². The fraction of sp³-hybridized carbons (Fsp3) is 0.174. The number of anilines is 1. The lowest BCUT2D eigenvalue weighted by Gasteiger charge is -2.27. The first-order valence-electron chi connectivity index (χ1n) is 9.54. The Bertz CT molecular complexity index is 1120. The van der Waals surface area contributed by atoms with E-state index in [2.05, 4.69) is 11.9 Å². The average Bonchev–Trinajstić information content (AvgIpc) is 2.72. The van der Waals surface area contributed by atoms with Gasteiger partial charge in [-0.2, -0.15) is 0 Å². The number of nitrogens with one attached hydrogen (secondary N) is 1. The molecule has 2 aromatic rings. The van der Waals surface area contributed by atoms with E-state index in [1.165, 1.54) is 12.1 Å². The number of allylic oxidation sites excluding steroid dienone is 1. The smallest absolute Gasteiger partial charge is 0.335 e. The molecule has 2 N–H and O–H groups in total. The lowest BCUT2D eigenvalue weighted by Crippen LogP contribution is -2.54. The molecule has 0 atom stereocenters. The number of urea groups is 1. The Labute approximate surface area is 184 Å². The largest absolute Gasteiger partial charge is 0.504 e. The van der Waals surface area contributed by atoms with Crippen LogP contribution in [-0.4, -0.2) is 29.6 Å². The molecule has 0 radical (unpaired) electrons. The van der Waals surface area contributed by atoms with Crippen molar-refractivity contribution in [2.24, 2.45) is 0 Å². The van der Waals surface area contributed by atoms with E-state index in [9.17, 15) is 19.5 Å². The first-order valence-corrected chi connectivity index (χ1v) is 9.92. The molecule has 0 spiro atoms. The maximum absolute atomic E-state index is 13.1. The molecule has 31 heavy (non-hydrogen) atoms. The van der Waals surface area contributed by atoms with Gasteiger partial charge in [-0.05, 0) is 61.7 Å². The minimum atomic E-state index is -0.856. The summed E-state index contributed by atoms with van der Waals surface area (Å²) in [6, 6.07) is 7.11. The van der Waals surface area contributed by atoms with Gasteiger partial charge in [0.1, 0.15) is 5.57 Å². The van der Waals surface area contributed by atoms with Crippen LogP contribution in [-0.2, 0) is 16.0 Å². The molecule has 160 valence electrons. The number of aromatic hydroxyl groups is 1. The highest BCUT2D eigenvalue weighted by Gasteiger charge is 2.37. The summed E-state index contributed by atoms with van der Waals surface area (Å²) in [5.41, 5.74) is 1.54. The van der Waals surface area contributed by atoms with Crippen molar-refractivity contribution in [3.05, 3.63) is 70.3 Å². The van der Waals surface area contributed by atoms with Crippen molar-refractivity contribution < 1.29 is 24.2 Å². The summed E-state index contributed by atoms with van der Waals surface area (Å²) >= 11 is 6.14. The highest BCUT2D eigenvalue weighted by molar-refractivity contribution is 6.39. The number of rotatable bonds is 6. The third-order valence-corrected chi connectivity index (χ3v) is 5.14. The number of barbiturate groups is 1. The summed E-state index contributed by atoms with van der Waals surface area (Å²) in [6.45, 7) is 7.43. The normalized spacial score (nSPS) is 15.3. The SMILES string of the molecule is C=CCc1cc(/C=C2\C(=O)NC(=O)N(c3cccc(Cl)c3C)C2=O)cc(OCC)c1O. The molecule has 7 nitrogen and oxygen atoms in total. The standard InChI is InChI=1S/C23H21ClN2O5/c1-4-7-15-10-14(12-19(20(15)27)31-5-2)11-16-21(28)25-23(30)26(22(16)29)18-9-6-8-17(24)13(18)3/h4,6,8-12,27H,1,5,7H2,2-3H3,(H,25,28,30)/b16-11+. The average molecular weight is 441 g/mol. The number of amides is 4. The minimum absolute atomic E-state index is 0.0327. The quantitative estimate of drug-likeness (QED) is 0.399. The number of hydrogen-bond acceptors (Lipinski definition) is 5. The predicted octanol–water partition coefficient (Wildman–Crippen LogP) is 4.15. The van der Waals surface area contributed by atoms with Gasteiger partial charge in [0.15, 0.2) is 11.5 Å². The maximum atomic E-state index is 13.1. The van der Waals surface area contributed by atoms with Gasteiger partial charge in [-0.3, -0.25) is 14.9 Å².